The molecule has 1 unspecified atom stereocenters. The van der Waals surface area contributed by atoms with Crippen LogP contribution in [0.15, 0.2) is 46.5 Å². The third kappa shape index (κ3) is 3.35. The molecule has 0 spiro atoms. The molecule has 8 nitrogen and oxygen atoms in total. The Morgan fingerprint density at radius 1 is 1.26 bits per heavy atom. The molecule has 1 fully saturated rings. The molecule has 1 atom stereocenters. The molecular formula is C18H20N4O4S. The lowest BCUT2D eigenvalue weighted by molar-refractivity contribution is 0.0346. The zero-order valence-corrected chi connectivity index (χ0v) is 15.4. The zero-order chi connectivity index (χ0) is 18.9. The minimum Gasteiger partial charge on any atom is -0.476 e. The van der Waals surface area contributed by atoms with Crippen LogP contribution in [0.5, 0.6) is 5.88 Å². The first kappa shape index (κ1) is 17.7. The van der Waals surface area contributed by atoms with Crippen LogP contribution in [0.2, 0.25) is 0 Å². The van der Waals surface area contributed by atoms with E-state index in [4.69, 9.17) is 15.2 Å². The Morgan fingerprint density at radius 2 is 2.07 bits per heavy atom. The molecule has 3 aromatic rings. The average molecular weight is 388 g/mol. The SMILES string of the molecule is Nc1[nH]c2c(OCC3CCCOC3)ncnc2c1S(=O)(=O)c1ccccc1. The van der Waals surface area contributed by atoms with E-state index >= 15 is 0 Å². The van der Waals surface area contributed by atoms with E-state index in [9.17, 15) is 8.42 Å². The van der Waals surface area contributed by atoms with Gasteiger partial charge >= 0.3 is 0 Å². The summed E-state index contributed by atoms with van der Waals surface area (Å²) in [4.78, 5) is 11.3. The highest BCUT2D eigenvalue weighted by Gasteiger charge is 2.28. The monoisotopic (exact) mass is 388 g/mol. The largest absolute Gasteiger partial charge is 0.476 e. The van der Waals surface area contributed by atoms with Crippen LogP contribution in [0, 0.1) is 5.92 Å². The van der Waals surface area contributed by atoms with Gasteiger partial charge in [0, 0.05) is 12.5 Å². The van der Waals surface area contributed by atoms with Crippen molar-refractivity contribution in [3.8, 4) is 5.88 Å². The van der Waals surface area contributed by atoms with E-state index in [0.717, 1.165) is 19.4 Å². The summed E-state index contributed by atoms with van der Waals surface area (Å²) < 4.78 is 37.3. The van der Waals surface area contributed by atoms with Crippen molar-refractivity contribution in [1.82, 2.24) is 15.0 Å². The maximum atomic E-state index is 13.0. The number of nitrogens with two attached hydrogens (primary N) is 1. The van der Waals surface area contributed by atoms with E-state index in [1.165, 1.54) is 18.5 Å². The number of aromatic nitrogens is 3. The number of aromatic amines is 1. The predicted octanol–water partition coefficient (Wildman–Crippen LogP) is 2.18. The first-order valence-corrected chi connectivity index (χ1v) is 10.2. The van der Waals surface area contributed by atoms with Crippen LogP contribution in [0.1, 0.15) is 12.8 Å². The number of hydrogen-bond donors (Lipinski definition) is 2. The third-order valence-electron chi connectivity index (χ3n) is 4.56. The fourth-order valence-electron chi connectivity index (χ4n) is 3.21. The Labute approximate surface area is 156 Å². The highest BCUT2D eigenvalue weighted by atomic mass is 32.2. The summed E-state index contributed by atoms with van der Waals surface area (Å²) in [7, 11) is -3.83. The summed E-state index contributed by atoms with van der Waals surface area (Å²) in [5.41, 5.74) is 6.61. The standard InChI is InChI=1S/C18H20N4O4S/c19-17-16(27(23,24)13-6-2-1-3-7-13)14-15(22-17)18(21-11-20-14)26-10-12-5-4-8-25-9-12/h1-3,6-7,11-12,22H,4-5,8-10,19H2. The molecule has 1 saturated heterocycles. The molecule has 3 heterocycles. The first-order chi connectivity index (χ1) is 13.1. The van der Waals surface area contributed by atoms with Crippen molar-refractivity contribution >= 4 is 26.7 Å². The number of fused-ring (bicyclic) bond motifs is 1. The number of nitrogen functional groups attached to an aromatic ring is 1. The molecule has 0 amide bonds. The van der Waals surface area contributed by atoms with Gasteiger partial charge in [0.2, 0.25) is 15.7 Å². The molecule has 0 saturated carbocycles. The van der Waals surface area contributed by atoms with Crippen LogP contribution in [0.4, 0.5) is 5.82 Å². The highest BCUT2D eigenvalue weighted by Crippen LogP contribution is 2.35. The zero-order valence-electron chi connectivity index (χ0n) is 14.6. The van der Waals surface area contributed by atoms with Crippen molar-refractivity contribution < 1.29 is 17.9 Å². The van der Waals surface area contributed by atoms with Crippen LogP contribution in [0.3, 0.4) is 0 Å². The van der Waals surface area contributed by atoms with Crippen LogP contribution in [0.25, 0.3) is 11.0 Å². The van der Waals surface area contributed by atoms with E-state index in [1.807, 2.05) is 0 Å². The van der Waals surface area contributed by atoms with Gasteiger partial charge in [-0.25, -0.2) is 13.4 Å². The van der Waals surface area contributed by atoms with Gasteiger partial charge in [0.05, 0.1) is 18.1 Å². The summed E-state index contributed by atoms with van der Waals surface area (Å²) in [5, 5.41) is 0. The van der Waals surface area contributed by atoms with E-state index in [1.54, 1.807) is 18.2 Å². The van der Waals surface area contributed by atoms with Gasteiger partial charge in [-0.3, -0.25) is 0 Å². The maximum Gasteiger partial charge on any atom is 0.241 e. The van der Waals surface area contributed by atoms with Gasteiger partial charge in [0.1, 0.15) is 28.1 Å². The number of H-pyrrole nitrogens is 1. The van der Waals surface area contributed by atoms with Gasteiger partial charge in [-0.15, -0.1) is 0 Å². The van der Waals surface area contributed by atoms with Gasteiger partial charge in [0.25, 0.3) is 0 Å². The van der Waals surface area contributed by atoms with Crippen LogP contribution in [-0.2, 0) is 14.6 Å². The van der Waals surface area contributed by atoms with Crippen molar-refractivity contribution in [2.24, 2.45) is 5.92 Å². The molecule has 4 rings (SSSR count). The van der Waals surface area contributed by atoms with Gasteiger partial charge in [-0.05, 0) is 25.0 Å². The smallest absolute Gasteiger partial charge is 0.241 e. The molecule has 1 aromatic carbocycles. The molecule has 3 N–H and O–H groups in total. The fraction of sp³-hybridized carbons (Fsp3) is 0.333. The third-order valence-corrected chi connectivity index (χ3v) is 6.41. The number of ether oxygens (including phenoxy) is 2. The minimum atomic E-state index is -3.83. The van der Waals surface area contributed by atoms with Crippen LogP contribution in [-0.4, -0.2) is 43.2 Å². The molecule has 142 valence electrons. The Bertz CT molecular complexity index is 1040. The van der Waals surface area contributed by atoms with Crippen LogP contribution < -0.4 is 10.5 Å². The van der Waals surface area contributed by atoms with Crippen molar-refractivity contribution in [3.63, 3.8) is 0 Å². The van der Waals surface area contributed by atoms with Crippen LogP contribution >= 0.6 is 0 Å². The number of nitrogens with zero attached hydrogens (tertiary/aromatic N) is 2. The van der Waals surface area contributed by atoms with E-state index in [2.05, 4.69) is 15.0 Å². The van der Waals surface area contributed by atoms with E-state index in [-0.39, 0.29) is 32.9 Å². The second-order valence-electron chi connectivity index (χ2n) is 6.48. The first-order valence-electron chi connectivity index (χ1n) is 8.70. The number of anilines is 1. The molecule has 1 aliphatic heterocycles. The number of hydrogen-bond acceptors (Lipinski definition) is 7. The quantitative estimate of drug-likeness (QED) is 0.687. The Hall–Kier alpha value is -2.65. The summed E-state index contributed by atoms with van der Waals surface area (Å²) in [6.45, 7) is 1.86. The Balaban J connectivity index is 1.71. The lowest BCUT2D eigenvalue weighted by atomic mass is 10.0. The number of nitrogens with one attached hydrogen (secondary N) is 1. The minimum absolute atomic E-state index is 0.0141. The van der Waals surface area contributed by atoms with Gasteiger partial charge in [-0.1, -0.05) is 18.2 Å². The van der Waals surface area contributed by atoms with E-state index in [0.29, 0.717) is 18.7 Å². The molecule has 0 bridgehead atoms. The predicted molar refractivity (Wildman–Crippen MR) is 99.2 cm³/mol. The second kappa shape index (κ2) is 7.16. The maximum absolute atomic E-state index is 13.0. The molecule has 2 aromatic heterocycles. The second-order valence-corrected chi connectivity index (χ2v) is 8.37. The molecule has 1 aliphatic rings. The van der Waals surface area contributed by atoms with Crippen molar-refractivity contribution in [3.05, 3.63) is 36.7 Å². The summed E-state index contributed by atoms with van der Waals surface area (Å²) >= 11 is 0. The number of sulfone groups is 1. The van der Waals surface area contributed by atoms with Gasteiger partial charge in [0.15, 0.2) is 0 Å². The summed E-state index contributed by atoms with van der Waals surface area (Å²) in [6, 6.07) is 8.12. The van der Waals surface area contributed by atoms with Crippen molar-refractivity contribution in [2.75, 3.05) is 25.6 Å². The number of benzene rings is 1. The van der Waals surface area contributed by atoms with Gasteiger partial charge < -0.3 is 20.2 Å². The molecule has 0 aliphatic carbocycles. The van der Waals surface area contributed by atoms with Gasteiger partial charge in [-0.2, -0.15) is 4.98 Å². The summed E-state index contributed by atoms with van der Waals surface area (Å²) in [6.07, 6.45) is 3.31. The molecular weight excluding hydrogens is 368 g/mol. The lowest BCUT2D eigenvalue weighted by Gasteiger charge is -2.21. The molecule has 27 heavy (non-hydrogen) atoms. The average Bonchev–Trinajstić information content (AvgIpc) is 3.05. The number of rotatable bonds is 5. The molecule has 0 radical (unpaired) electrons. The topological polar surface area (TPSA) is 120 Å². The Kier molecular flexibility index (Phi) is 4.71. The fourth-order valence-corrected chi connectivity index (χ4v) is 4.71. The van der Waals surface area contributed by atoms with Crippen molar-refractivity contribution in [2.45, 2.75) is 22.6 Å². The highest BCUT2D eigenvalue weighted by molar-refractivity contribution is 7.92. The summed E-state index contributed by atoms with van der Waals surface area (Å²) in [5.74, 6) is 0.579. The normalized spacial score (nSPS) is 17.9. The lowest BCUT2D eigenvalue weighted by Crippen LogP contribution is -2.23. The van der Waals surface area contributed by atoms with E-state index < -0.39 is 9.84 Å². The Morgan fingerprint density at radius 3 is 2.81 bits per heavy atom. The van der Waals surface area contributed by atoms with Crippen molar-refractivity contribution in [1.29, 1.82) is 0 Å². The molecule has 9 heteroatoms.